The zero-order valence-corrected chi connectivity index (χ0v) is 20.1. The Morgan fingerprint density at radius 1 is 0.971 bits per heavy atom. The molecule has 0 bridgehead atoms. The number of ether oxygens (including phenoxy) is 2. The molecule has 8 heteroatoms. The molecule has 1 aliphatic heterocycles. The molecule has 1 N–H and O–H groups in total. The van der Waals surface area contributed by atoms with Crippen LogP contribution >= 0.6 is 23.2 Å². The Kier molecular flexibility index (Phi) is 7.10. The minimum Gasteiger partial charge on any atom is -0.490 e. The van der Waals surface area contributed by atoms with Crippen LogP contribution in [0.25, 0.3) is 6.08 Å². The number of hydrazine groups is 1. The first kappa shape index (κ1) is 23.7. The number of halogens is 2. The lowest BCUT2D eigenvalue weighted by atomic mass is 10.1. The van der Waals surface area contributed by atoms with Crippen LogP contribution in [0.2, 0.25) is 10.0 Å². The molecule has 1 aliphatic rings. The van der Waals surface area contributed by atoms with Crippen molar-refractivity contribution < 1.29 is 19.1 Å². The summed E-state index contributed by atoms with van der Waals surface area (Å²) in [5, 5.41) is 1.97. The Labute approximate surface area is 207 Å². The summed E-state index contributed by atoms with van der Waals surface area (Å²) in [5.74, 6) is -0.206. The van der Waals surface area contributed by atoms with Crippen molar-refractivity contribution in [3.05, 3.63) is 93.0 Å². The van der Waals surface area contributed by atoms with Crippen molar-refractivity contribution in [1.82, 2.24) is 5.43 Å². The van der Waals surface area contributed by atoms with E-state index < -0.39 is 11.8 Å². The molecule has 4 rings (SSSR count). The highest BCUT2D eigenvalue weighted by molar-refractivity contribution is 6.34. The summed E-state index contributed by atoms with van der Waals surface area (Å²) in [6.07, 6.45) is 1.48. The SMILES string of the molecule is CCOc1cc(C=C2C(=O)NN(c3ccc(C)c(Cl)c3)C2=O)cc(Cl)c1OCc1ccccc1. The van der Waals surface area contributed by atoms with Crippen molar-refractivity contribution in [2.24, 2.45) is 0 Å². The van der Waals surface area contributed by atoms with Crippen molar-refractivity contribution in [3.8, 4) is 11.5 Å². The molecule has 0 unspecified atom stereocenters. The number of hydrogen-bond donors (Lipinski definition) is 1. The number of hydrogen-bond acceptors (Lipinski definition) is 4. The van der Waals surface area contributed by atoms with Crippen LogP contribution in [-0.4, -0.2) is 18.4 Å². The number of rotatable bonds is 7. The normalized spacial score (nSPS) is 14.5. The molecule has 0 radical (unpaired) electrons. The molecule has 0 aromatic heterocycles. The van der Waals surface area contributed by atoms with E-state index in [4.69, 9.17) is 32.7 Å². The molecule has 6 nitrogen and oxygen atoms in total. The number of carbonyl (C=O) groups excluding carboxylic acids is 2. The summed E-state index contributed by atoms with van der Waals surface area (Å²) < 4.78 is 11.7. The predicted molar refractivity (Wildman–Crippen MR) is 133 cm³/mol. The van der Waals surface area contributed by atoms with E-state index in [9.17, 15) is 9.59 Å². The molecule has 0 spiro atoms. The number of benzene rings is 3. The van der Waals surface area contributed by atoms with Crippen LogP contribution in [0.3, 0.4) is 0 Å². The Morgan fingerprint density at radius 2 is 1.74 bits per heavy atom. The molecule has 0 atom stereocenters. The summed E-state index contributed by atoms with van der Waals surface area (Å²) in [5.41, 5.74) is 5.38. The summed E-state index contributed by atoms with van der Waals surface area (Å²) in [6, 6.07) is 18.1. The van der Waals surface area contributed by atoms with E-state index in [2.05, 4.69) is 5.43 Å². The maximum Gasteiger partial charge on any atom is 0.282 e. The van der Waals surface area contributed by atoms with Crippen LogP contribution in [0.5, 0.6) is 11.5 Å². The van der Waals surface area contributed by atoms with Gasteiger partial charge >= 0.3 is 0 Å². The average Bonchev–Trinajstić information content (AvgIpc) is 3.09. The summed E-state index contributed by atoms with van der Waals surface area (Å²) in [4.78, 5) is 25.6. The minimum atomic E-state index is -0.528. The molecule has 1 fully saturated rings. The maximum absolute atomic E-state index is 13.0. The van der Waals surface area contributed by atoms with Gasteiger partial charge in [0, 0.05) is 5.02 Å². The summed E-state index contributed by atoms with van der Waals surface area (Å²) >= 11 is 12.7. The van der Waals surface area contributed by atoms with Crippen molar-refractivity contribution >= 4 is 46.8 Å². The average molecular weight is 497 g/mol. The first-order valence-corrected chi connectivity index (χ1v) is 11.4. The van der Waals surface area contributed by atoms with E-state index in [0.717, 1.165) is 11.1 Å². The third-order valence-corrected chi connectivity index (χ3v) is 5.86. The topological polar surface area (TPSA) is 67.9 Å². The van der Waals surface area contributed by atoms with Gasteiger partial charge in [-0.05, 0) is 60.9 Å². The summed E-state index contributed by atoms with van der Waals surface area (Å²) in [6.45, 7) is 4.41. The molecule has 0 saturated carbocycles. The molecule has 174 valence electrons. The number of nitrogens with one attached hydrogen (secondary N) is 1. The Bertz CT molecular complexity index is 1280. The van der Waals surface area contributed by atoms with Gasteiger partial charge in [-0.25, -0.2) is 5.01 Å². The molecule has 3 aromatic rings. The molecule has 1 saturated heterocycles. The molecular weight excluding hydrogens is 475 g/mol. The summed E-state index contributed by atoms with van der Waals surface area (Å²) in [7, 11) is 0. The maximum atomic E-state index is 13.0. The molecule has 34 heavy (non-hydrogen) atoms. The second-order valence-electron chi connectivity index (χ2n) is 7.61. The Hall–Kier alpha value is -3.48. The van der Waals surface area contributed by atoms with Gasteiger partial charge in [-0.2, -0.15) is 0 Å². The van der Waals surface area contributed by atoms with Crippen molar-refractivity contribution in [2.45, 2.75) is 20.5 Å². The zero-order chi connectivity index (χ0) is 24.2. The molecular formula is C26H22Cl2N2O4. The number of amides is 2. The predicted octanol–water partition coefficient (Wildman–Crippen LogP) is 5.74. The highest BCUT2D eigenvalue weighted by Gasteiger charge is 2.34. The highest BCUT2D eigenvalue weighted by atomic mass is 35.5. The first-order chi connectivity index (χ1) is 16.4. The number of carbonyl (C=O) groups is 2. The van der Waals surface area contributed by atoms with Gasteiger partial charge in [0.25, 0.3) is 11.8 Å². The van der Waals surface area contributed by atoms with Gasteiger partial charge in [0.1, 0.15) is 12.2 Å². The van der Waals surface area contributed by atoms with Gasteiger partial charge in [0.2, 0.25) is 0 Å². The second-order valence-corrected chi connectivity index (χ2v) is 8.42. The molecule has 0 aliphatic carbocycles. The van der Waals surface area contributed by atoms with Gasteiger partial charge in [-0.15, -0.1) is 0 Å². The Morgan fingerprint density at radius 3 is 2.44 bits per heavy atom. The second kappa shape index (κ2) is 10.2. The fourth-order valence-electron chi connectivity index (χ4n) is 3.43. The van der Waals surface area contributed by atoms with E-state index in [1.807, 2.05) is 44.2 Å². The van der Waals surface area contributed by atoms with Crippen molar-refractivity contribution in [3.63, 3.8) is 0 Å². The lowest BCUT2D eigenvalue weighted by Crippen LogP contribution is -2.35. The molecule has 2 amide bonds. The number of nitrogens with zero attached hydrogens (tertiary/aromatic N) is 1. The highest BCUT2D eigenvalue weighted by Crippen LogP contribution is 2.38. The smallest absolute Gasteiger partial charge is 0.282 e. The van der Waals surface area contributed by atoms with Gasteiger partial charge < -0.3 is 9.47 Å². The van der Waals surface area contributed by atoms with Gasteiger partial charge in [0.15, 0.2) is 11.5 Å². The van der Waals surface area contributed by atoms with Crippen LogP contribution < -0.4 is 19.9 Å². The fourth-order valence-corrected chi connectivity index (χ4v) is 3.88. The zero-order valence-electron chi connectivity index (χ0n) is 18.6. The van der Waals surface area contributed by atoms with Crippen molar-refractivity contribution in [2.75, 3.05) is 11.6 Å². The molecule has 3 aromatic carbocycles. The van der Waals surface area contributed by atoms with Crippen LogP contribution in [0, 0.1) is 6.92 Å². The standard InChI is InChI=1S/C26H22Cl2N2O4/c1-3-33-23-13-18(12-22(28)24(23)34-15-17-7-5-4-6-8-17)11-20-25(31)29-30(26(20)32)19-10-9-16(2)21(27)14-19/h4-14H,3,15H2,1-2H3,(H,29,31). The minimum absolute atomic E-state index is 0.0341. The Balaban J connectivity index is 1.62. The molecule has 1 heterocycles. The van der Waals surface area contributed by atoms with Crippen molar-refractivity contribution in [1.29, 1.82) is 0 Å². The van der Waals surface area contributed by atoms with E-state index >= 15 is 0 Å². The third-order valence-electron chi connectivity index (χ3n) is 5.17. The largest absolute Gasteiger partial charge is 0.490 e. The monoisotopic (exact) mass is 496 g/mol. The number of aryl methyl sites for hydroxylation is 1. The first-order valence-electron chi connectivity index (χ1n) is 10.6. The van der Waals surface area contributed by atoms with Crippen LogP contribution in [0.4, 0.5) is 5.69 Å². The van der Waals surface area contributed by atoms with Gasteiger partial charge in [-0.1, -0.05) is 59.6 Å². The van der Waals surface area contributed by atoms with Gasteiger partial charge in [-0.3, -0.25) is 15.0 Å². The lowest BCUT2D eigenvalue weighted by Gasteiger charge is -2.15. The van der Waals surface area contributed by atoms with E-state index in [-0.39, 0.29) is 5.57 Å². The lowest BCUT2D eigenvalue weighted by molar-refractivity contribution is -0.117. The van der Waals surface area contributed by atoms with Crippen LogP contribution in [-0.2, 0) is 16.2 Å². The van der Waals surface area contributed by atoms with E-state index in [1.54, 1.807) is 30.3 Å². The quantitative estimate of drug-likeness (QED) is 0.334. The van der Waals surface area contributed by atoms with E-state index in [1.165, 1.54) is 11.1 Å². The van der Waals surface area contributed by atoms with Gasteiger partial charge in [0.05, 0.1) is 17.3 Å². The number of anilines is 1. The van der Waals surface area contributed by atoms with Crippen LogP contribution in [0.1, 0.15) is 23.6 Å². The fraction of sp³-hybridized carbons (Fsp3) is 0.154. The third kappa shape index (κ3) is 5.03. The van der Waals surface area contributed by atoms with Crippen LogP contribution in [0.15, 0.2) is 66.2 Å². The van der Waals surface area contributed by atoms with E-state index in [0.29, 0.717) is 46.0 Å².